The van der Waals surface area contributed by atoms with Crippen molar-refractivity contribution in [1.82, 2.24) is 15.3 Å². The molecule has 0 aliphatic carbocycles. The lowest BCUT2D eigenvalue weighted by atomic mass is 9.97. The van der Waals surface area contributed by atoms with Crippen LogP contribution in [0.2, 0.25) is 0 Å². The average molecular weight is 432 g/mol. The number of ether oxygens (including phenoxy) is 1. The summed E-state index contributed by atoms with van der Waals surface area (Å²) in [5.41, 5.74) is 4.28. The molecular weight excluding hydrogens is 410 g/mol. The molecular formula is C23H21N5O2S. The molecule has 1 aromatic carbocycles. The molecule has 0 unspecified atom stereocenters. The van der Waals surface area contributed by atoms with Crippen LogP contribution in [-0.2, 0) is 12.3 Å². The molecule has 0 saturated heterocycles. The van der Waals surface area contributed by atoms with Crippen molar-refractivity contribution in [2.75, 3.05) is 14.2 Å². The molecule has 2 aromatic heterocycles. The third-order valence-electron chi connectivity index (χ3n) is 4.57. The molecule has 0 aliphatic heterocycles. The highest BCUT2D eigenvalue weighted by Gasteiger charge is 2.17. The predicted octanol–water partition coefficient (Wildman–Crippen LogP) is 3.88. The largest absolute Gasteiger partial charge is 0.497 e. The van der Waals surface area contributed by atoms with E-state index in [2.05, 4.69) is 33.1 Å². The summed E-state index contributed by atoms with van der Waals surface area (Å²) in [6.45, 7) is 3.96. The van der Waals surface area contributed by atoms with Crippen LogP contribution in [0.3, 0.4) is 0 Å². The van der Waals surface area contributed by atoms with Crippen molar-refractivity contribution < 1.29 is 9.53 Å². The third-order valence-corrected chi connectivity index (χ3v) is 5.67. The van der Waals surface area contributed by atoms with Crippen LogP contribution in [0.1, 0.15) is 27.2 Å². The number of carbonyl (C=O) groups excluding carboxylic acids is 1. The quantitative estimate of drug-likeness (QED) is 0.429. The zero-order valence-corrected chi connectivity index (χ0v) is 18.1. The van der Waals surface area contributed by atoms with Crippen molar-refractivity contribution in [3.63, 3.8) is 0 Å². The van der Waals surface area contributed by atoms with Crippen molar-refractivity contribution >= 4 is 24.4 Å². The summed E-state index contributed by atoms with van der Waals surface area (Å²) in [5, 5.41) is 13.0. The Morgan fingerprint density at radius 2 is 2.06 bits per heavy atom. The number of rotatable bonds is 8. The topological polar surface area (TPSA) is 100 Å². The Balaban J connectivity index is 1.98. The Morgan fingerprint density at radius 1 is 1.29 bits per heavy atom. The highest BCUT2D eigenvalue weighted by molar-refractivity contribution is 7.98. The molecule has 0 radical (unpaired) electrons. The number of nitrogens with one attached hydrogen (secondary N) is 1. The van der Waals surface area contributed by atoms with Crippen molar-refractivity contribution in [2.24, 2.45) is 4.99 Å². The smallest absolute Gasteiger partial charge is 0.269 e. The fourth-order valence-electron chi connectivity index (χ4n) is 3.06. The number of thioether (sulfide) groups is 1. The SMILES string of the molecule is C=NCc1c(SCc2ccnc(C(=O)NC)c2)ncc(C#N)c1-c1ccc(OC)cc1. The molecule has 7 nitrogen and oxygen atoms in total. The Morgan fingerprint density at radius 3 is 2.71 bits per heavy atom. The number of hydrogen-bond donors (Lipinski definition) is 1. The number of pyridine rings is 2. The Bertz CT molecular complexity index is 1140. The zero-order chi connectivity index (χ0) is 22.2. The molecule has 0 saturated carbocycles. The van der Waals surface area contributed by atoms with E-state index in [0.717, 1.165) is 33.0 Å². The summed E-state index contributed by atoms with van der Waals surface area (Å²) in [6.07, 6.45) is 3.19. The highest BCUT2D eigenvalue weighted by atomic mass is 32.2. The van der Waals surface area contributed by atoms with Crippen LogP contribution in [-0.4, -0.2) is 36.8 Å². The Hall–Kier alpha value is -3.70. The number of methoxy groups -OCH3 is 1. The number of amides is 1. The number of benzene rings is 1. The van der Waals surface area contributed by atoms with Crippen LogP contribution >= 0.6 is 11.8 Å². The van der Waals surface area contributed by atoms with E-state index >= 15 is 0 Å². The number of hydrogen-bond acceptors (Lipinski definition) is 7. The lowest BCUT2D eigenvalue weighted by Gasteiger charge is -2.15. The first kappa shape index (κ1) is 22.0. The van der Waals surface area contributed by atoms with E-state index in [9.17, 15) is 10.1 Å². The van der Waals surface area contributed by atoms with Crippen molar-refractivity contribution in [1.29, 1.82) is 5.26 Å². The van der Waals surface area contributed by atoms with E-state index in [1.54, 1.807) is 32.6 Å². The predicted molar refractivity (Wildman–Crippen MR) is 121 cm³/mol. The molecule has 0 spiro atoms. The Kier molecular flexibility index (Phi) is 7.35. The van der Waals surface area contributed by atoms with Gasteiger partial charge in [0, 0.05) is 36.3 Å². The second kappa shape index (κ2) is 10.4. The first-order chi connectivity index (χ1) is 15.1. The molecule has 156 valence electrons. The number of nitriles is 1. The lowest BCUT2D eigenvalue weighted by molar-refractivity contribution is 0.0958. The highest BCUT2D eigenvalue weighted by Crippen LogP contribution is 2.35. The molecule has 8 heteroatoms. The molecule has 3 aromatic rings. The van der Waals surface area contributed by atoms with Gasteiger partial charge in [-0.05, 0) is 42.1 Å². The molecule has 0 aliphatic rings. The number of aliphatic imine (C=N–C) groups is 1. The lowest BCUT2D eigenvalue weighted by Crippen LogP contribution is -2.19. The summed E-state index contributed by atoms with van der Waals surface area (Å²) in [4.78, 5) is 24.5. The van der Waals surface area contributed by atoms with Gasteiger partial charge in [0.25, 0.3) is 5.91 Å². The standard InChI is InChI=1S/C23H21N5O2S/c1-25-13-19-21(16-4-6-18(30-3)7-5-16)17(11-24)12-28-23(19)31-14-15-8-9-27-20(10-15)22(29)26-2/h4-10,12H,1,13-14H2,2-3H3,(H,26,29). The molecule has 3 rings (SSSR count). The van der Waals surface area contributed by atoms with Crippen LogP contribution in [0.4, 0.5) is 0 Å². The summed E-state index contributed by atoms with van der Waals surface area (Å²) in [6, 6.07) is 13.4. The molecule has 1 N–H and O–H groups in total. The average Bonchev–Trinajstić information content (AvgIpc) is 2.82. The number of aromatic nitrogens is 2. The van der Waals surface area contributed by atoms with Gasteiger partial charge in [0.1, 0.15) is 22.5 Å². The molecule has 1 amide bonds. The minimum atomic E-state index is -0.235. The third kappa shape index (κ3) is 5.08. The van der Waals surface area contributed by atoms with Crippen molar-refractivity contribution in [3.05, 3.63) is 71.2 Å². The van der Waals surface area contributed by atoms with Gasteiger partial charge in [-0.2, -0.15) is 5.26 Å². The number of carbonyl (C=O) groups is 1. The van der Waals surface area contributed by atoms with Gasteiger partial charge in [-0.25, -0.2) is 4.98 Å². The number of nitrogens with zero attached hydrogens (tertiary/aromatic N) is 4. The summed E-state index contributed by atoms with van der Waals surface area (Å²) in [5.74, 6) is 1.08. The molecule has 0 atom stereocenters. The van der Waals surface area contributed by atoms with Crippen LogP contribution in [0, 0.1) is 11.3 Å². The monoisotopic (exact) mass is 431 g/mol. The van der Waals surface area contributed by atoms with Crippen LogP contribution in [0.5, 0.6) is 5.75 Å². The van der Waals surface area contributed by atoms with Gasteiger partial charge in [-0.3, -0.25) is 14.8 Å². The van der Waals surface area contributed by atoms with E-state index in [4.69, 9.17) is 4.74 Å². The zero-order valence-electron chi connectivity index (χ0n) is 17.3. The van der Waals surface area contributed by atoms with E-state index in [1.165, 1.54) is 11.8 Å². The van der Waals surface area contributed by atoms with Gasteiger partial charge >= 0.3 is 0 Å². The first-order valence-electron chi connectivity index (χ1n) is 9.40. The maximum Gasteiger partial charge on any atom is 0.269 e. The minimum absolute atomic E-state index is 0.235. The second-order valence-corrected chi connectivity index (χ2v) is 7.43. The fourth-order valence-corrected chi connectivity index (χ4v) is 4.01. The fraction of sp³-hybridized carbons (Fsp3) is 0.174. The van der Waals surface area contributed by atoms with Gasteiger partial charge in [-0.15, -0.1) is 11.8 Å². The van der Waals surface area contributed by atoms with E-state index in [0.29, 0.717) is 23.6 Å². The van der Waals surface area contributed by atoms with Crippen molar-refractivity contribution in [3.8, 4) is 22.9 Å². The Labute approximate surface area is 185 Å². The maximum absolute atomic E-state index is 11.8. The van der Waals surface area contributed by atoms with E-state index in [1.807, 2.05) is 30.3 Å². The summed E-state index contributed by atoms with van der Waals surface area (Å²) in [7, 11) is 3.18. The van der Waals surface area contributed by atoms with E-state index < -0.39 is 0 Å². The summed E-state index contributed by atoms with van der Waals surface area (Å²) < 4.78 is 5.24. The van der Waals surface area contributed by atoms with Crippen LogP contribution in [0.15, 0.2) is 58.8 Å². The normalized spacial score (nSPS) is 10.2. The second-order valence-electron chi connectivity index (χ2n) is 6.47. The van der Waals surface area contributed by atoms with E-state index in [-0.39, 0.29) is 5.91 Å². The van der Waals surface area contributed by atoms with Crippen LogP contribution in [0.25, 0.3) is 11.1 Å². The van der Waals surface area contributed by atoms with Gasteiger partial charge in [0.05, 0.1) is 19.2 Å². The van der Waals surface area contributed by atoms with Gasteiger partial charge in [0.15, 0.2) is 0 Å². The van der Waals surface area contributed by atoms with Crippen LogP contribution < -0.4 is 10.1 Å². The maximum atomic E-state index is 11.8. The molecule has 31 heavy (non-hydrogen) atoms. The summed E-state index contributed by atoms with van der Waals surface area (Å²) >= 11 is 1.51. The first-order valence-corrected chi connectivity index (χ1v) is 10.4. The van der Waals surface area contributed by atoms with Gasteiger partial charge < -0.3 is 10.1 Å². The minimum Gasteiger partial charge on any atom is -0.497 e. The molecule has 0 fully saturated rings. The molecule has 2 heterocycles. The molecule has 0 bridgehead atoms. The van der Waals surface area contributed by atoms with Gasteiger partial charge in [0.2, 0.25) is 0 Å². The van der Waals surface area contributed by atoms with Gasteiger partial charge in [-0.1, -0.05) is 12.1 Å². The van der Waals surface area contributed by atoms with Crippen molar-refractivity contribution in [2.45, 2.75) is 17.3 Å².